The van der Waals surface area contributed by atoms with E-state index in [1.807, 2.05) is 6.08 Å². The Kier molecular flexibility index (Phi) is 9.92. The zero-order chi connectivity index (χ0) is 28.7. The molecule has 9 heteroatoms. The number of hydrogen-bond acceptors (Lipinski definition) is 3. The molecule has 0 aromatic heterocycles. The van der Waals surface area contributed by atoms with E-state index in [4.69, 9.17) is 9.47 Å². The third kappa shape index (κ3) is 7.46. The van der Waals surface area contributed by atoms with Crippen LogP contribution < -0.4 is 4.74 Å². The van der Waals surface area contributed by atoms with Gasteiger partial charge in [0.2, 0.25) is 0 Å². The first-order valence-electron chi connectivity index (χ1n) is 13.1. The van der Waals surface area contributed by atoms with Gasteiger partial charge >= 0.3 is 6.11 Å². The number of alkyl halides is 2. The maximum Gasteiger partial charge on any atom is 0.429 e. The van der Waals surface area contributed by atoms with E-state index in [-0.39, 0.29) is 22.6 Å². The van der Waals surface area contributed by atoms with E-state index < -0.39 is 47.0 Å². The molecule has 0 radical (unpaired) electrons. The van der Waals surface area contributed by atoms with Crippen LogP contribution in [0.1, 0.15) is 55.9 Å². The molecule has 0 atom stereocenters. The Morgan fingerprint density at radius 1 is 0.800 bits per heavy atom. The molecule has 0 amide bonds. The lowest BCUT2D eigenvalue weighted by molar-refractivity contribution is -0.206. The second kappa shape index (κ2) is 13.4. The maximum atomic E-state index is 14.9. The average molecular weight is 565 g/mol. The number of ether oxygens (including phenoxy) is 3. The van der Waals surface area contributed by atoms with Gasteiger partial charge in [-0.3, -0.25) is 0 Å². The van der Waals surface area contributed by atoms with Gasteiger partial charge in [-0.05, 0) is 61.2 Å². The van der Waals surface area contributed by atoms with Crippen LogP contribution in [-0.4, -0.2) is 13.2 Å². The van der Waals surface area contributed by atoms with E-state index in [9.17, 15) is 26.3 Å². The molecule has 214 valence electrons. The van der Waals surface area contributed by atoms with Gasteiger partial charge in [0.25, 0.3) is 0 Å². The minimum atomic E-state index is -4.14. The van der Waals surface area contributed by atoms with Crippen molar-refractivity contribution in [2.24, 2.45) is 5.92 Å². The standard InChI is InChI=1S/C31H30F6O3/c1-2-3-4-5-6-7-8-20-18-38-30(39-19-20)22-9-13-25(28(34)16-22)31(36,37)40-23-11-12-24(27(33)17-23)21-10-14-26(32)29(35)15-21/h2,9-17,20,30H,1,3-8,18-19H2. The van der Waals surface area contributed by atoms with Crippen molar-refractivity contribution in [1.29, 1.82) is 0 Å². The lowest BCUT2D eigenvalue weighted by Gasteiger charge is -2.30. The van der Waals surface area contributed by atoms with Gasteiger partial charge in [0.1, 0.15) is 17.4 Å². The fraction of sp³-hybridized carbons (Fsp3) is 0.355. The van der Waals surface area contributed by atoms with Crippen molar-refractivity contribution in [2.45, 2.75) is 50.9 Å². The largest absolute Gasteiger partial charge is 0.429 e. The molecular weight excluding hydrogens is 534 g/mol. The molecule has 1 fully saturated rings. The summed E-state index contributed by atoms with van der Waals surface area (Å²) in [6.45, 7) is 4.56. The van der Waals surface area contributed by atoms with Gasteiger partial charge in [-0.1, -0.05) is 37.5 Å². The fourth-order valence-corrected chi connectivity index (χ4v) is 4.55. The molecule has 3 aromatic carbocycles. The van der Waals surface area contributed by atoms with Gasteiger partial charge in [0.05, 0.1) is 18.8 Å². The monoisotopic (exact) mass is 564 g/mol. The van der Waals surface area contributed by atoms with Gasteiger partial charge in [-0.2, -0.15) is 8.78 Å². The topological polar surface area (TPSA) is 27.7 Å². The Labute approximate surface area is 229 Å². The normalized spacial score (nSPS) is 17.6. The van der Waals surface area contributed by atoms with Gasteiger partial charge in [-0.25, -0.2) is 17.6 Å². The highest BCUT2D eigenvalue weighted by Crippen LogP contribution is 2.37. The van der Waals surface area contributed by atoms with Crippen LogP contribution in [0, 0.1) is 29.2 Å². The number of rotatable bonds is 12. The highest BCUT2D eigenvalue weighted by Gasteiger charge is 2.38. The number of hydrogen-bond donors (Lipinski definition) is 0. The van der Waals surface area contributed by atoms with Crippen LogP contribution in [0.5, 0.6) is 5.75 Å². The Bertz CT molecular complexity index is 1300. The number of unbranched alkanes of at least 4 members (excludes halogenated alkanes) is 4. The van der Waals surface area contributed by atoms with Crippen molar-refractivity contribution >= 4 is 0 Å². The van der Waals surface area contributed by atoms with Crippen LogP contribution in [0.3, 0.4) is 0 Å². The summed E-state index contributed by atoms with van der Waals surface area (Å²) in [6, 6.07) is 8.59. The van der Waals surface area contributed by atoms with Crippen LogP contribution in [0.2, 0.25) is 0 Å². The van der Waals surface area contributed by atoms with Gasteiger partial charge in [0.15, 0.2) is 17.9 Å². The predicted octanol–water partition coefficient (Wildman–Crippen LogP) is 9.23. The predicted molar refractivity (Wildman–Crippen MR) is 139 cm³/mol. The molecule has 3 nitrogen and oxygen atoms in total. The molecule has 3 aromatic rings. The summed E-state index contributed by atoms with van der Waals surface area (Å²) < 4.78 is 102. The lowest BCUT2D eigenvalue weighted by atomic mass is 10.0. The number of halogens is 6. The molecule has 0 spiro atoms. The summed E-state index contributed by atoms with van der Waals surface area (Å²) in [5, 5.41) is 0. The second-order valence-electron chi connectivity index (χ2n) is 9.77. The molecule has 4 rings (SSSR count). The SMILES string of the molecule is C=CCCCCCCC1COC(c2ccc(C(F)(F)Oc3ccc(-c4ccc(F)c(F)c4)c(F)c3)c(F)c2)OC1. The Balaban J connectivity index is 1.35. The molecule has 0 unspecified atom stereocenters. The van der Waals surface area contributed by atoms with Crippen LogP contribution >= 0.6 is 0 Å². The van der Waals surface area contributed by atoms with E-state index in [0.717, 1.165) is 81.0 Å². The molecule has 1 heterocycles. The first kappa shape index (κ1) is 29.7. The summed E-state index contributed by atoms with van der Waals surface area (Å²) in [7, 11) is 0. The van der Waals surface area contributed by atoms with E-state index in [1.54, 1.807) is 0 Å². The summed E-state index contributed by atoms with van der Waals surface area (Å²) in [6.07, 6.45) is 3.28. The third-order valence-electron chi connectivity index (χ3n) is 6.73. The quantitative estimate of drug-likeness (QED) is 0.125. The van der Waals surface area contributed by atoms with Crippen LogP contribution in [-0.2, 0) is 15.6 Å². The summed E-state index contributed by atoms with van der Waals surface area (Å²) >= 11 is 0. The van der Waals surface area contributed by atoms with Crippen molar-refractivity contribution in [3.63, 3.8) is 0 Å². The summed E-state index contributed by atoms with van der Waals surface area (Å²) in [4.78, 5) is 0. The van der Waals surface area contributed by atoms with Crippen molar-refractivity contribution in [1.82, 2.24) is 0 Å². The van der Waals surface area contributed by atoms with Crippen molar-refractivity contribution in [3.05, 3.63) is 102 Å². The molecule has 1 aliphatic rings. The molecule has 0 N–H and O–H groups in total. The Morgan fingerprint density at radius 2 is 1.55 bits per heavy atom. The van der Waals surface area contributed by atoms with E-state index >= 15 is 0 Å². The molecule has 0 aliphatic carbocycles. The first-order chi connectivity index (χ1) is 19.2. The summed E-state index contributed by atoms with van der Waals surface area (Å²) in [5.74, 6) is -4.90. The molecule has 0 saturated carbocycles. The maximum absolute atomic E-state index is 14.9. The molecule has 0 bridgehead atoms. The van der Waals surface area contributed by atoms with Crippen molar-refractivity contribution in [3.8, 4) is 16.9 Å². The number of benzene rings is 3. The lowest BCUT2D eigenvalue weighted by Crippen LogP contribution is -2.28. The van der Waals surface area contributed by atoms with Gasteiger partial charge in [-0.15, -0.1) is 6.58 Å². The van der Waals surface area contributed by atoms with Gasteiger partial charge < -0.3 is 14.2 Å². The smallest absolute Gasteiger partial charge is 0.429 e. The molecule has 40 heavy (non-hydrogen) atoms. The first-order valence-corrected chi connectivity index (χ1v) is 13.1. The average Bonchev–Trinajstić information content (AvgIpc) is 2.92. The van der Waals surface area contributed by atoms with Crippen molar-refractivity contribution < 1.29 is 40.6 Å². The number of allylic oxidation sites excluding steroid dienone is 1. The second-order valence-corrected chi connectivity index (χ2v) is 9.77. The van der Waals surface area contributed by atoms with Crippen LogP contribution in [0.4, 0.5) is 26.3 Å². The third-order valence-corrected chi connectivity index (χ3v) is 6.73. The van der Waals surface area contributed by atoms with Gasteiger partial charge in [0, 0.05) is 23.1 Å². The highest BCUT2D eigenvalue weighted by molar-refractivity contribution is 5.65. The summed E-state index contributed by atoms with van der Waals surface area (Å²) in [5.41, 5.74) is -0.939. The molecule has 1 aliphatic heterocycles. The van der Waals surface area contributed by atoms with Crippen molar-refractivity contribution in [2.75, 3.05) is 13.2 Å². The minimum absolute atomic E-state index is 0.00839. The Hall–Kier alpha value is -3.30. The van der Waals surface area contributed by atoms with E-state index in [1.165, 1.54) is 6.07 Å². The highest BCUT2D eigenvalue weighted by atomic mass is 19.3. The molecular formula is C31H30F6O3. The Morgan fingerprint density at radius 3 is 2.23 bits per heavy atom. The van der Waals surface area contributed by atoms with Crippen LogP contribution in [0.15, 0.2) is 67.3 Å². The van der Waals surface area contributed by atoms with E-state index in [2.05, 4.69) is 11.3 Å². The van der Waals surface area contributed by atoms with E-state index in [0.29, 0.717) is 19.3 Å². The zero-order valence-corrected chi connectivity index (χ0v) is 21.8. The minimum Gasteiger partial charge on any atom is -0.429 e. The zero-order valence-electron chi connectivity index (χ0n) is 21.8. The molecule has 1 saturated heterocycles. The van der Waals surface area contributed by atoms with Crippen LogP contribution in [0.25, 0.3) is 11.1 Å². The fourth-order valence-electron chi connectivity index (χ4n) is 4.55.